The third kappa shape index (κ3) is 3.33. The summed E-state index contributed by atoms with van der Waals surface area (Å²) in [4.78, 5) is 16.8. The lowest BCUT2D eigenvalue weighted by Crippen LogP contribution is -2.39. The fourth-order valence-electron chi connectivity index (χ4n) is 3.25. The maximum atomic E-state index is 12.5. The zero-order valence-corrected chi connectivity index (χ0v) is 13.7. The molecule has 4 nitrogen and oxygen atoms in total. The number of carbonyl (C=O) groups is 1. The van der Waals surface area contributed by atoms with Crippen molar-refractivity contribution < 1.29 is 9.53 Å². The van der Waals surface area contributed by atoms with E-state index in [4.69, 9.17) is 4.74 Å². The number of carbonyl (C=O) groups excluding carboxylic acids is 1. The lowest BCUT2D eigenvalue weighted by Gasteiger charge is -2.27. The number of amides is 1. The minimum absolute atomic E-state index is 0.252. The van der Waals surface area contributed by atoms with Crippen LogP contribution in [0.5, 0.6) is 0 Å². The van der Waals surface area contributed by atoms with Crippen molar-refractivity contribution in [1.82, 2.24) is 4.90 Å². The number of fused-ring (bicyclic) bond motifs is 1. The van der Waals surface area contributed by atoms with Crippen LogP contribution in [0, 0.1) is 0 Å². The van der Waals surface area contributed by atoms with Crippen LogP contribution in [0.1, 0.15) is 37.3 Å². The van der Waals surface area contributed by atoms with E-state index in [0.717, 1.165) is 51.5 Å². The smallest absolute Gasteiger partial charge is 0.228 e. The minimum Gasteiger partial charge on any atom is -0.379 e. The summed E-state index contributed by atoms with van der Waals surface area (Å²) in [6.45, 7) is 9.57. The number of rotatable bonds is 4. The van der Waals surface area contributed by atoms with Crippen molar-refractivity contribution >= 4 is 11.6 Å². The lowest BCUT2D eigenvalue weighted by molar-refractivity contribution is -0.119. The van der Waals surface area contributed by atoms with Crippen molar-refractivity contribution in [1.29, 1.82) is 0 Å². The van der Waals surface area contributed by atoms with Gasteiger partial charge < -0.3 is 9.64 Å². The van der Waals surface area contributed by atoms with Gasteiger partial charge in [-0.05, 0) is 29.5 Å². The minimum atomic E-state index is 0.252. The molecule has 0 aromatic heterocycles. The Morgan fingerprint density at radius 3 is 2.73 bits per heavy atom. The molecule has 0 spiro atoms. The van der Waals surface area contributed by atoms with Crippen LogP contribution >= 0.6 is 0 Å². The molecule has 3 rings (SSSR count). The number of hydrogen-bond acceptors (Lipinski definition) is 3. The molecular formula is C18H26N2O2. The molecule has 1 amide bonds. The second-order valence-electron chi connectivity index (χ2n) is 6.54. The van der Waals surface area contributed by atoms with E-state index >= 15 is 0 Å². The van der Waals surface area contributed by atoms with E-state index in [-0.39, 0.29) is 5.91 Å². The number of anilines is 1. The molecule has 1 aromatic rings. The number of morpholine rings is 1. The van der Waals surface area contributed by atoms with E-state index in [1.54, 1.807) is 0 Å². The van der Waals surface area contributed by atoms with E-state index < -0.39 is 0 Å². The van der Waals surface area contributed by atoms with E-state index in [1.807, 2.05) is 4.90 Å². The summed E-state index contributed by atoms with van der Waals surface area (Å²) in [5.41, 5.74) is 3.81. The summed E-state index contributed by atoms with van der Waals surface area (Å²) in [6.07, 6.45) is 1.59. The molecule has 0 N–H and O–H groups in total. The number of ether oxygens (including phenoxy) is 1. The summed E-state index contributed by atoms with van der Waals surface area (Å²) < 4.78 is 5.35. The van der Waals surface area contributed by atoms with Gasteiger partial charge in [0, 0.05) is 38.3 Å². The Hall–Kier alpha value is -1.39. The molecule has 1 aromatic carbocycles. The molecule has 2 heterocycles. The zero-order chi connectivity index (χ0) is 15.5. The van der Waals surface area contributed by atoms with Gasteiger partial charge in [0.25, 0.3) is 0 Å². The fraction of sp³-hybridized carbons (Fsp3) is 0.611. The summed E-state index contributed by atoms with van der Waals surface area (Å²) in [5.74, 6) is 0.791. The molecule has 1 fully saturated rings. The second kappa shape index (κ2) is 6.80. The van der Waals surface area contributed by atoms with Crippen molar-refractivity contribution in [3.8, 4) is 0 Å². The highest BCUT2D eigenvalue weighted by Gasteiger charge is 2.25. The predicted octanol–water partition coefficient (Wildman–Crippen LogP) is 2.42. The summed E-state index contributed by atoms with van der Waals surface area (Å²) >= 11 is 0. The predicted molar refractivity (Wildman–Crippen MR) is 88.5 cm³/mol. The molecule has 1 saturated heterocycles. The second-order valence-corrected chi connectivity index (χ2v) is 6.54. The average Bonchev–Trinajstić information content (AvgIpc) is 2.96. The molecule has 0 saturated carbocycles. The Morgan fingerprint density at radius 2 is 2.00 bits per heavy atom. The molecule has 0 radical (unpaired) electrons. The van der Waals surface area contributed by atoms with Crippen LogP contribution in [0.2, 0.25) is 0 Å². The molecule has 0 bridgehead atoms. The molecule has 2 aliphatic rings. The van der Waals surface area contributed by atoms with E-state index in [2.05, 4.69) is 36.9 Å². The Bertz CT molecular complexity index is 536. The van der Waals surface area contributed by atoms with Crippen molar-refractivity contribution in [2.24, 2.45) is 0 Å². The Morgan fingerprint density at radius 1 is 1.23 bits per heavy atom. The van der Waals surface area contributed by atoms with Crippen molar-refractivity contribution in [2.45, 2.75) is 32.6 Å². The van der Waals surface area contributed by atoms with Crippen molar-refractivity contribution in [2.75, 3.05) is 44.3 Å². The first-order valence-electron chi connectivity index (χ1n) is 8.38. The van der Waals surface area contributed by atoms with Gasteiger partial charge in [-0.15, -0.1) is 0 Å². The van der Waals surface area contributed by atoms with E-state index in [1.165, 1.54) is 11.1 Å². The van der Waals surface area contributed by atoms with Gasteiger partial charge in [-0.2, -0.15) is 0 Å². The summed E-state index contributed by atoms with van der Waals surface area (Å²) in [5, 5.41) is 0. The standard InChI is InChI=1S/C18H26N2O2/c1-14(2)15-3-4-17-16(13-15)5-8-20(17)18(21)6-7-19-9-11-22-12-10-19/h3-4,13-14H,5-12H2,1-2H3. The van der Waals surface area contributed by atoms with Gasteiger partial charge in [-0.3, -0.25) is 9.69 Å². The molecule has 0 aliphatic carbocycles. The highest BCUT2D eigenvalue weighted by atomic mass is 16.5. The molecule has 0 unspecified atom stereocenters. The molecule has 4 heteroatoms. The average molecular weight is 302 g/mol. The molecular weight excluding hydrogens is 276 g/mol. The number of benzene rings is 1. The van der Waals surface area contributed by atoms with Gasteiger partial charge in [0.1, 0.15) is 0 Å². The molecule has 2 aliphatic heterocycles. The Labute approximate surface area is 133 Å². The first-order chi connectivity index (χ1) is 10.6. The van der Waals surface area contributed by atoms with Gasteiger partial charge in [-0.1, -0.05) is 26.0 Å². The first-order valence-corrected chi connectivity index (χ1v) is 8.38. The van der Waals surface area contributed by atoms with Gasteiger partial charge in [0.05, 0.1) is 13.2 Å². The van der Waals surface area contributed by atoms with Crippen LogP contribution in [0.4, 0.5) is 5.69 Å². The number of nitrogens with zero attached hydrogens (tertiary/aromatic N) is 2. The van der Waals surface area contributed by atoms with Gasteiger partial charge in [-0.25, -0.2) is 0 Å². The maximum Gasteiger partial charge on any atom is 0.228 e. The maximum absolute atomic E-state index is 12.5. The van der Waals surface area contributed by atoms with Gasteiger partial charge in [0.2, 0.25) is 5.91 Å². The highest BCUT2D eigenvalue weighted by Crippen LogP contribution is 2.31. The lowest BCUT2D eigenvalue weighted by atomic mass is 10.00. The monoisotopic (exact) mass is 302 g/mol. The number of hydrogen-bond donors (Lipinski definition) is 0. The van der Waals surface area contributed by atoms with Crippen LogP contribution in [0.3, 0.4) is 0 Å². The summed E-state index contributed by atoms with van der Waals surface area (Å²) in [7, 11) is 0. The highest BCUT2D eigenvalue weighted by molar-refractivity contribution is 5.95. The molecule has 120 valence electrons. The quantitative estimate of drug-likeness (QED) is 0.856. The van der Waals surface area contributed by atoms with Crippen molar-refractivity contribution in [3.63, 3.8) is 0 Å². The van der Waals surface area contributed by atoms with Crippen LogP contribution < -0.4 is 4.90 Å². The fourth-order valence-corrected chi connectivity index (χ4v) is 3.25. The van der Waals surface area contributed by atoms with Crippen LogP contribution in [0.25, 0.3) is 0 Å². The molecule has 22 heavy (non-hydrogen) atoms. The van der Waals surface area contributed by atoms with Gasteiger partial charge in [0.15, 0.2) is 0 Å². The van der Waals surface area contributed by atoms with Crippen LogP contribution in [-0.4, -0.2) is 50.2 Å². The Balaban J connectivity index is 1.61. The molecule has 0 atom stereocenters. The third-order valence-corrected chi connectivity index (χ3v) is 4.71. The summed E-state index contributed by atoms with van der Waals surface area (Å²) in [6, 6.07) is 6.57. The Kier molecular flexibility index (Phi) is 4.79. The first kappa shape index (κ1) is 15.5. The van der Waals surface area contributed by atoms with E-state index in [0.29, 0.717) is 12.3 Å². The van der Waals surface area contributed by atoms with Crippen LogP contribution in [-0.2, 0) is 16.0 Å². The van der Waals surface area contributed by atoms with Gasteiger partial charge >= 0.3 is 0 Å². The van der Waals surface area contributed by atoms with E-state index in [9.17, 15) is 4.79 Å². The van der Waals surface area contributed by atoms with Crippen molar-refractivity contribution in [3.05, 3.63) is 29.3 Å². The normalized spacial score (nSPS) is 18.8. The topological polar surface area (TPSA) is 32.8 Å². The largest absolute Gasteiger partial charge is 0.379 e. The van der Waals surface area contributed by atoms with Crippen LogP contribution in [0.15, 0.2) is 18.2 Å². The SMILES string of the molecule is CC(C)c1ccc2c(c1)CCN2C(=O)CCN1CCOCC1. The zero-order valence-electron chi connectivity index (χ0n) is 13.7. The third-order valence-electron chi connectivity index (χ3n) is 4.71.